The average Bonchev–Trinajstić information content (AvgIpc) is 2.46. The zero-order valence-corrected chi connectivity index (χ0v) is 14.3. The van der Waals surface area contributed by atoms with Gasteiger partial charge in [-0.2, -0.15) is 0 Å². The van der Waals surface area contributed by atoms with Crippen LogP contribution < -0.4 is 0 Å². The maximum atomic E-state index is 6.10. The molecule has 0 bridgehead atoms. The van der Waals surface area contributed by atoms with Crippen LogP contribution in [0, 0.1) is 0 Å². The first-order valence-corrected chi connectivity index (χ1v) is 10.9. The lowest BCUT2D eigenvalue weighted by molar-refractivity contribution is 0.107. The Morgan fingerprint density at radius 2 is 1.19 bits per heavy atom. The van der Waals surface area contributed by atoms with Gasteiger partial charge in [-0.15, -0.1) is 0 Å². The molecule has 0 radical (unpaired) electrons. The standard InChI is InChI=1S/C18H25NOSi/c1-21(2,3)20-16-19(14-17-10-6-4-7-11-17)15-18-12-8-5-9-13-18/h4-13H,14-16H2,1-3H3. The van der Waals surface area contributed by atoms with Gasteiger partial charge in [-0.1, -0.05) is 60.7 Å². The molecule has 0 saturated heterocycles. The minimum absolute atomic E-state index is 0.694. The average molecular weight is 299 g/mol. The summed E-state index contributed by atoms with van der Waals surface area (Å²) in [6, 6.07) is 21.2. The van der Waals surface area contributed by atoms with E-state index in [1.165, 1.54) is 11.1 Å². The maximum Gasteiger partial charge on any atom is 0.185 e. The molecule has 2 aromatic rings. The number of hydrogen-bond donors (Lipinski definition) is 0. The fraction of sp³-hybridized carbons (Fsp3) is 0.333. The summed E-state index contributed by atoms with van der Waals surface area (Å²) in [5.74, 6) is 0. The molecule has 112 valence electrons. The molecule has 0 amide bonds. The topological polar surface area (TPSA) is 12.5 Å². The second kappa shape index (κ2) is 7.55. The molecule has 0 aliphatic rings. The summed E-state index contributed by atoms with van der Waals surface area (Å²) in [4.78, 5) is 2.36. The molecule has 0 saturated carbocycles. The van der Waals surface area contributed by atoms with E-state index in [1.807, 2.05) is 0 Å². The highest BCUT2D eigenvalue weighted by Gasteiger charge is 2.16. The molecule has 0 aliphatic carbocycles. The molecule has 0 spiro atoms. The number of hydrogen-bond acceptors (Lipinski definition) is 2. The Hall–Kier alpha value is -1.42. The Kier molecular flexibility index (Phi) is 5.73. The second-order valence-electron chi connectivity index (χ2n) is 6.34. The zero-order chi connectivity index (χ0) is 15.1. The summed E-state index contributed by atoms with van der Waals surface area (Å²) in [6.07, 6.45) is 0. The van der Waals surface area contributed by atoms with Crippen molar-refractivity contribution in [2.75, 3.05) is 6.73 Å². The van der Waals surface area contributed by atoms with Crippen molar-refractivity contribution in [3.8, 4) is 0 Å². The summed E-state index contributed by atoms with van der Waals surface area (Å²) in [6.45, 7) is 9.22. The first-order valence-electron chi connectivity index (χ1n) is 7.47. The molecule has 2 rings (SSSR count). The third kappa shape index (κ3) is 6.25. The van der Waals surface area contributed by atoms with Crippen LogP contribution in [0.15, 0.2) is 60.7 Å². The molecule has 0 heterocycles. The lowest BCUT2D eigenvalue weighted by Crippen LogP contribution is -2.34. The van der Waals surface area contributed by atoms with Gasteiger partial charge in [0.2, 0.25) is 0 Å². The van der Waals surface area contributed by atoms with Gasteiger partial charge < -0.3 is 4.43 Å². The van der Waals surface area contributed by atoms with E-state index in [9.17, 15) is 0 Å². The Morgan fingerprint density at radius 1 is 0.762 bits per heavy atom. The summed E-state index contributed by atoms with van der Waals surface area (Å²) in [5, 5.41) is 0. The Morgan fingerprint density at radius 3 is 1.57 bits per heavy atom. The molecule has 0 unspecified atom stereocenters. The number of nitrogens with zero attached hydrogens (tertiary/aromatic N) is 1. The van der Waals surface area contributed by atoms with Gasteiger partial charge in [0.1, 0.15) is 0 Å². The molecule has 0 aromatic heterocycles. The third-order valence-corrected chi connectivity index (χ3v) is 4.17. The van der Waals surface area contributed by atoms with Crippen LogP contribution in [-0.2, 0) is 17.5 Å². The van der Waals surface area contributed by atoms with Crippen LogP contribution >= 0.6 is 0 Å². The van der Waals surface area contributed by atoms with Gasteiger partial charge >= 0.3 is 0 Å². The molecule has 0 N–H and O–H groups in total. The van der Waals surface area contributed by atoms with E-state index in [4.69, 9.17) is 4.43 Å². The fourth-order valence-electron chi connectivity index (χ4n) is 2.12. The minimum Gasteiger partial charge on any atom is -0.405 e. The molecule has 0 fully saturated rings. The largest absolute Gasteiger partial charge is 0.405 e. The molecular weight excluding hydrogens is 274 g/mol. The molecular formula is C18H25NOSi. The van der Waals surface area contributed by atoms with Crippen molar-refractivity contribution >= 4 is 8.32 Å². The van der Waals surface area contributed by atoms with Crippen LogP contribution in [0.3, 0.4) is 0 Å². The van der Waals surface area contributed by atoms with Crippen LogP contribution in [0.2, 0.25) is 19.6 Å². The van der Waals surface area contributed by atoms with Gasteiger partial charge in [-0.25, -0.2) is 0 Å². The van der Waals surface area contributed by atoms with Crippen molar-refractivity contribution < 1.29 is 4.43 Å². The highest BCUT2D eigenvalue weighted by molar-refractivity contribution is 6.69. The van der Waals surface area contributed by atoms with Crippen LogP contribution in [0.5, 0.6) is 0 Å². The van der Waals surface area contributed by atoms with Crippen LogP contribution in [-0.4, -0.2) is 19.9 Å². The normalized spacial score (nSPS) is 11.8. The van der Waals surface area contributed by atoms with Crippen molar-refractivity contribution in [2.45, 2.75) is 32.7 Å². The highest BCUT2D eigenvalue weighted by atomic mass is 28.4. The fourth-order valence-corrected chi connectivity index (χ4v) is 2.69. The van der Waals surface area contributed by atoms with Gasteiger partial charge in [-0.05, 0) is 30.8 Å². The molecule has 0 atom stereocenters. The SMILES string of the molecule is C[Si](C)(C)OCN(Cc1ccccc1)Cc1ccccc1. The predicted molar refractivity (Wildman–Crippen MR) is 91.4 cm³/mol. The van der Waals surface area contributed by atoms with Gasteiger partial charge in [0.05, 0.1) is 6.73 Å². The highest BCUT2D eigenvalue weighted by Crippen LogP contribution is 2.12. The summed E-state index contributed by atoms with van der Waals surface area (Å²) in [7, 11) is -1.50. The second-order valence-corrected chi connectivity index (χ2v) is 10.9. The first kappa shape index (κ1) is 16.0. The van der Waals surface area contributed by atoms with Crippen molar-refractivity contribution in [3.05, 3.63) is 71.8 Å². The monoisotopic (exact) mass is 299 g/mol. The lowest BCUT2D eigenvalue weighted by atomic mass is 10.2. The molecule has 2 aromatic carbocycles. The molecule has 2 nitrogen and oxygen atoms in total. The van der Waals surface area contributed by atoms with Crippen LogP contribution in [0.4, 0.5) is 0 Å². The van der Waals surface area contributed by atoms with Crippen molar-refractivity contribution in [2.24, 2.45) is 0 Å². The number of rotatable bonds is 7. The van der Waals surface area contributed by atoms with Gasteiger partial charge in [-0.3, -0.25) is 4.90 Å². The predicted octanol–water partition coefficient (Wildman–Crippen LogP) is 4.50. The summed E-state index contributed by atoms with van der Waals surface area (Å²) < 4.78 is 6.10. The van der Waals surface area contributed by atoms with E-state index in [0.717, 1.165) is 13.1 Å². The third-order valence-electron chi connectivity index (χ3n) is 3.18. The first-order chi connectivity index (χ1) is 10.0. The summed E-state index contributed by atoms with van der Waals surface area (Å²) in [5.41, 5.74) is 2.65. The van der Waals surface area contributed by atoms with E-state index in [0.29, 0.717) is 6.73 Å². The minimum atomic E-state index is -1.50. The molecule has 0 aliphatic heterocycles. The van der Waals surface area contributed by atoms with E-state index < -0.39 is 8.32 Å². The quantitative estimate of drug-likeness (QED) is 0.551. The smallest absolute Gasteiger partial charge is 0.185 e. The van der Waals surface area contributed by atoms with Crippen LogP contribution in [0.1, 0.15) is 11.1 Å². The Labute approximate surface area is 129 Å². The molecule has 3 heteroatoms. The van der Waals surface area contributed by atoms with Gasteiger partial charge in [0.25, 0.3) is 0 Å². The van der Waals surface area contributed by atoms with E-state index in [2.05, 4.69) is 85.2 Å². The number of benzene rings is 2. The van der Waals surface area contributed by atoms with Gasteiger partial charge in [0.15, 0.2) is 8.32 Å². The van der Waals surface area contributed by atoms with Crippen molar-refractivity contribution in [1.82, 2.24) is 4.90 Å². The zero-order valence-electron chi connectivity index (χ0n) is 13.3. The molecule has 21 heavy (non-hydrogen) atoms. The van der Waals surface area contributed by atoms with E-state index in [-0.39, 0.29) is 0 Å². The summed E-state index contributed by atoms with van der Waals surface area (Å²) >= 11 is 0. The maximum absolute atomic E-state index is 6.10. The van der Waals surface area contributed by atoms with Crippen LogP contribution in [0.25, 0.3) is 0 Å². The van der Waals surface area contributed by atoms with Gasteiger partial charge in [0, 0.05) is 13.1 Å². The lowest BCUT2D eigenvalue weighted by Gasteiger charge is -2.27. The van der Waals surface area contributed by atoms with E-state index in [1.54, 1.807) is 0 Å². The Balaban J connectivity index is 2.03. The Bertz CT molecular complexity index is 480. The van der Waals surface area contributed by atoms with Crippen molar-refractivity contribution in [3.63, 3.8) is 0 Å². The van der Waals surface area contributed by atoms with Crippen molar-refractivity contribution in [1.29, 1.82) is 0 Å². The van der Waals surface area contributed by atoms with E-state index >= 15 is 0 Å².